The van der Waals surface area contributed by atoms with Gasteiger partial charge in [-0.2, -0.15) is 0 Å². The molecule has 88 valence electrons. The fourth-order valence-electron chi connectivity index (χ4n) is 1.35. The van der Waals surface area contributed by atoms with Crippen molar-refractivity contribution in [3.05, 3.63) is 46.0 Å². The first-order valence-corrected chi connectivity index (χ1v) is 5.07. The molecule has 5 nitrogen and oxygen atoms in total. The Morgan fingerprint density at radius 3 is 2.18 bits per heavy atom. The van der Waals surface area contributed by atoms with Gasteiger partial charge in [0.05, 0.1) is 5.29 Å². The van der Waals surface area contributed by atoms with Crippen molar-refractivity contribution in [3.63, 3.8) is 0 Å². The minimum absolute atomic E-state index is 0. The van der Waals surface area contributed by atoms with Crippen LogP contribution in [0.3, 0.4) is 0 Å². The van der Waals surface area contributed by atoms with Crippen molar-refractivity contribution in [2.24, 2.45) is 5.29 Å². The van der Waals surface area contributed by atoms with Gasteiger partial charge in [-0.3, -0.25) is 5.28 Å². The van der Waals surface area contributed by atoms with Gasteiger partial charge in [-0.05, 0) is 26.3 Å². The van der Waals surface area contributed by atoms with Crippen molar-refractivity contribution in [2.45, 2.75) is 32.9 Å². The van der Waals surface area contributed by atoms with E-state index in [9.17, 15) is 10.1 Å². The molecular formula is C11H16N3NaO2. The summed E-state index contributed by atoms with van der Waals surface area (Å²) >= 11 is 0. The smallest absolute Gasteiger partial charge is 0.724 e. The molecule has 1 aromatic carbocycles. The molecule has 0 aliphatic carbocycles. The van der Waals surface area contributed by atoms with Gasteiger partial charge in [0.15, 0.2) is 0 Å². The molecule has 0 unspecified atom stereocenters. The van der Waals surface area contributed by atoms with Crippen molar-refractivity contribution < 1.29 is 29.6 Å². The van der Waals surface area contributed by atoms with Crippen LogP contribution in [0.2, 0.25) is 0 Å². The first-order valence-electron chi connectivity index (χ1n) is 5.07. The van der Waals surface area contributed by atoms with Crippen molar-refractivity contribution in [1.82, 2.24) is 10.3 Å². The molecule has 6 heteroatoms. The Hall–Kier alpha value is -0.460. The maximum atomic E-state index is 11.3. The second kappa shape index (κ2) is 7.08. The van der Waals surface area contributed by atoms with E-state index in [1.165, 1.54) is 5.01 Å². The summed E-state index contributed by atoms with van der Waals surface area (Å²) in [5.74, 6) is 0. The second-order valence-corrected chi connectivity index (χ2v) is 4.55. The van der Waals surface area contributed by atoms with Crippen LogP contribution in [0.15, 0.2) is 35.6 Å². The van der Waals surface area contributed by atoms with Crippen LogP contribution in [-0.4, -0.2) is 15.8 Å². The van der Waals surface area contributed by atoms with Crippen LogP contribution in [0, 0.1) is 10.1 Å². The summed E-state index contributed by atoms with van der Waals surface area (Å²) in [5.41, 5.74) is 0.507. The van der Waals surface area contributed by atoms with E-state index in [-0.39, 0.29) is 34.8 Å². The Balaban J connectivity index is 0.00000256. The fourth-order valence-corrected chi connectivity index (χ4v) is 1.35. The van der Waals surface area contributed by atoms with Crippen molar-refractivity contribution >= 4 is 0 Å². The Morgan fingerprint density at radius 1 is 1.24 bits per heavy atom. The van der Waals surface area contributed by atoms with Crippen molar-refractivity contribution in [2.75, 3.05) is 0 Å². The Bertz CT molecular complexity index is 340. The molecule has 0 saturated carbocycles. The van der Waals surface area contributed by atoms with Gasteiger partial charge in [-0.25, -0.2) is 5.01 Å². The monoisotopic (exact) mass is 245 g/mol. The van der Waals surface area contributed by atoms with Crippen LogP contribution in [0.4, 0.5) is 0 Å². The third-order valence-corrected chi connectivity index (χ3v) is 2.23. The van der Waals surface area contributed by atoms with Crippen LogP contribution in [0.25, 0.3) is 0 Å². The number of hydrazine groups is 1. The topological polar surface area (TPSA) is 59.0 Å². The third-order valence-electron chi connectivity index (χ3n) is 2.23. The molecular weight excluding hydrogens is 229 g/mol. The molecule has 0 aromatic heterocycles. The Kier molecular flexibility index (Phi) is 6.89. The van der Waals surface area contributed by atoms with Crippen LogP contribution in [0.1, 0.15) is 26.3 Å². The summed E-state index contributed by atoms with van der Waals surface area (Å²) < 4.78 is 0. The first kappa shape index (κ1) is 16.5. The minimum Gasteiger partial charge on any atom is -0.724 e. The van der Waals surface area contributed by atoms with Gasteiger partial charge in [-0.15, -0.1) is 4.91 Å². The summed E-state index contributed by atoms with van der Waals surface area (Å²) in [6, 6.07) is 9.48. The Labute approximate surface area is 124 Å². The molecule has 0 aliphatic heterocycles. The average molecular weight is 245 g/mol. The molecule has 0 heterocycles. The molecule has 0 fully saturated rings. The maximum Gasteiger partial charge on any atom is 1.00 e. The van der Waals surface area contributed by atoms with Gasteiger partial charge in [-0.1, -0.05) is 30.3 Å². The number of rotatable bonds is 4. The van der Waals surface area contributed by atoms with E-state index < -0.39 is 5.54 Å². The van der Waals surface area contributed by atoms with E-state index in [4.69, 9.17) is 0 Å². The normalized spacial score (nSPS) is 10.9. The molecule has 17 heavy (non-hydrogen) atoms. The van der Waals surface area contributed by atoms with Crippen LogP contribution in [0.5, 0.6) is 0 Å². The molecule has 1 aromatic rings. The van der Waals surface area contributed by atoms with E-state index in [2.05, 4.69) is 5.29 Å². The summed E-state index contributed by atoms with van der Waals surface area (Å²) in [4.78, 5) is 10.3. The number of benzene rings is 1. The third kappa shape index (κ3) is 5.14. The fraction of sp³-hybridized carbons (Fsp3) is 0.455. The number of nitrogens with zero attached hydrogens (tertiary/aromatic N) is 3. The maximum absolute atomic E-state index is 11.3. The van der Waals surface area contributed by atoms with Crippen LogP contribution >= 0.6 is 0 Å². The van der Waals surface area contributed by atoms with Gasteiger partial charge in [0.25, 0.3) is 0 Å². The molecule has 0 atom stereocenters. The van der Waals surface area contributed by atoms with E-state index >= 15 is 0 Å². The van der Waals surface area contributed by atoms with Gasteiger partial charge in [0.2, 0.25) is 0 Å². The van der Waals surface area contributed by atoms with Crippen molar-refractivity contribution in [1.29, 1.82) is 0 Å². The molecule has 0 radical (unpaired) electrons. The standard InChI is InChI=1S/C11H16N3O2.Na/c1-11(2,3)13(14(16)12-15)9-10-7-5-4-6-8-10;/h4-8H,9H2,1-3H3;/q-1;+1. The van der Waals surface area contributed by atoms with Gasteiger partial charge in [0, 0.05) is 12.1 Å². The average Bonchev–Trinajstić information content (AvgIpc) is 2.25. The van der Waals surface area contributed by atoms with Crippen molar-refractivity contribution in [3.8, 4) is 0 Å². The zero-order valence-corrected chi connectivity index (χ0v) is 12.8. The molecule has 0 saturated heterocycles. The molecule has 0 bridgehead atoms. The van der Waals surface area contributed by atoms with Crippen LogP contribution < -0.4 is 29.6 Å². The predicted octanol–water partition coefficient (Wildman–Crippen LogP) is -0.313. The minimum atomic E-state index is -0.453. The largest absolute Gasteiger partial charge is 1.00 e. The van der Waals surface area contributed by atoms with E-state index in [0.717, 1.165) is 5.56 Å². The van der Waals surface area contributed by atoms with Gasteiger partial charge in [0.1, 0.15) is 0 Å². The number of hydrogen-bond donors (Lipinski definition) is 0. The number of nitroso groups, excluding NO2 is 1. The predicted molar refractivity (Wildman–Crippen MR) is 62.7 cm³/mol. The zero-order valence-electron chi connectivity index (χ0n) is 10.8. The quantitative estimate of drug-likeness (QED) is 0.415. The molecule has 0 N–H and O–H groups in total. The van der Waals surface area contributed by atoms with E-state index in [1.807, 2.05) is 51.1 Å². The zero-order chi connectivity index (χ0) is 12.2. The number of hydrogen-bond acceptors (Lipinski definition) is 4. The molecule has 0 spiro atoms. The molecule has 0 amide bonds. The van der Waals surface area contributed by atoms with Crippen LogP contribution in [-0.2, 0) is 6.54 Å². The van der Waals surface area contributed by atoms with Gasteiger partial charge < -0.3 is 5.21 Å². The van der Waals surface area contributed by atoms with E-state index in [1.54, 1.807) is 0 Å². The summed E-state index contributed by atoms with van der Waals surface area (Å²) in [6.45, 7) is 5.92. The van der Waals surface area contributed by atoms with Gasteiger partial charge >= 0.3 is 29.6 Å². The molecule has 0 aliphatic rings. The molecule has 1 rings (SSSR count). The summed E-state index contributed by atoms with van der Waals surface area (Å²) in [5, 5.41) is 15.2. The Morgan fingerprint density at radius 2 is 1.76 bits per heavy atom. The summed E-state index contributed by atoms with van der Waals surface area (Å²) in [7, 11) is 0. The van der Waals surface area contributed by atoms with E-state index in [0.29, 0.717) is 6.54 Å². The SMILES string of the molecule is CC(C)(C)N(Cc1ccccc1)N([O-])N=O.[Na+]. The second-order valence-electron chi connectivity index (χ2n) is 4.55. The first-order chi connectivity index (χ1) is 7.45. The summed E-state index contributed by atoms with van der Waals surface area (Å²) in [6.07, 6.45) is 0.